The van der Waals surface area contributed by atoms with Gasteiger partial charge >= 0.3 is 0 Å². The molecule has 1 heterocycles. The highest BCUT2D eigenvalue weighted by atomic mass is 16.5. The zero-order valence-electron chi connectivity index (χ0n) is 10.8. The summed E-state index contributed by atoms with van der Waals surface area (Å²) in [5, 5.41) is 11.7. The average molecular weight is 253 g/mol. The number of ether oxygens (including phenoxy) is 1. The molecule has 0 radical (unpaired) electrons. The maximum atomic E-state index is 8.61. The molecule has 0 amide bonds. The van der Waals surface area contributed by atoms with E-state index in [0.717, 1.165) is 29.4 Å². The highest BCUT2D eigenvalue weighted by Crippen LogP contribution is 2.23. The van der Waals surface area contributed by atoms with Crippen LogP contribution in [0.4, 0.5) is 5.82 Å². The predicted molar refractivity (Wildman–Crippen MR) is 74.2 cm³/mol. The van der Waals surface area contributed by atoms with Crippen LogP contribution in [-0.2, 0) is 6.42 Å². The third kappa shape index (κ3) is 3.71. The van der Waals surface area contributed by atoms with Gasteiger partial charge in [-0.15, -0.1) is 0 Å². The first-order valence-corrected chi connectivity index (χ1v) is 6.15. The molecule has 0 bridgehead atoms. The summed E-state index contributed by atoms with van der Waals surface area (Å²) >= 11 is 0. The van der Waals surface area contributed by atoms with Crippen molar-refractivity contribution in [3.05, 3.63) is 48.2 Å². The molecule has 96 valence electrons. The Hall–Kier alpha value is -2.54. The summed E-state index contributed by atoms with van der Waals surface area (Å²) in [6.45, 7) is 2.84. The molecule has 4 heteroatoms. The number of aromatic nitrogens is 1. The van der Waals surface area contributed by atoms with Gasteiger partial charge in [0.05, 0.1) is 12.5 Å². The van der Waals surface area contributed by atoms with Crippen molar-refractivity contribution in [2.75, 3.05) is 11.9 Å². The van der Waals surface area contributed by atoms with Crippen molar-refractivity contribution in [1.29, 1.82) is 5.26 Å². The molecule has 4 nitrogen and oxygen atoms in total. The van der Waals surface area contributed by atoms with Crippen LogP contribution >= 0.6 is 0 Å². The molecule has 2 rings (SSSR count). The quantitative estimate of drug-likeness (QED) is 0.887. The molecule has 0 atom stereocenters. The van der Waals surface area contributed by atoms with Crippen molar-refractivity contribution < 1.29 is 4.74 Å². The van der Waals surface area contributed by atoms with Crippen LogP contribution < -0.4 is 10.1 Å². The van der Waals surface area contributed by atoms with Crippen LogP contribution in [-0.4, -0.2) is 11.5 Å². The molecule has 0 saturated heterocycles. The van der Waals surface area contributed by atoms with E-state index in [0.29, 0.717) is 6.42 Å². The van der Waals surface area contributed by atoms with Gasteiger partial charge in [0.15, 0.2) is 0 Å². The van der Waals surface area contributed by atoms with Crippen molar-refractivity contribution in [2.24, 2.45) is 0 Å². The van der Waals surface area contributed by atoms with Gasteiger partial charge in [-0.2, -0.15) is 5.26 Å². The molecule has 0 fully saturated rings. The second-order valence-electron chi connectivity index (χ2n) is 3.99. The van der Waals surface area contributed by atoms with Crippen LogP contribution in [0.5, 0.6) is 11.5 Å². The Bertz CT molecular complexity index is 573. The predicted octanol–water partition coefficient (Wildman–Crippen LogP) is 3.37. The third-order valence-corrected chi connectivity index (χ3v) is 2.53. The van der Waals surface area contributed by atoms with Gasteiger partial charge in [-0.1, -0.05) is 12.1 Å². The molecular weight excluding hydrogens is 238 g/mol. The van der Waals surface area contributed by atoms with Gasteiger partial charge in [0, 0.05) is 18.8 Å². The van der Waals surface area contributed by atoms with E-state index in [1.54, 1.807) is 6.20 Å². The number of anilines is 1. The summed E-state index contributed by atoms with van der Waals surface area (Å²) in [5.74, 6) is 2.27. The third-order valence-electron chi connectivity index (χ3n) is 2.53. The van der Waals surface area contributed by atoms with E-state index in [9.17, 15) is 0 Å². The van der Waals surface area contributed by atoms with Gasteiger partial charge < -0.3 is 10.1 Å². The molecule has 0 saturated carbocycles. The van der Waals surface area contributed by atoms with Crippen LogP contribution in [0.3, 0.4) is 0 Å². The standard InChI is InChI=1S/C15H15N3O/c1-2-17-15-11-14(8-10-18-15)19-13-5-3-12(4-6-13)7-9-16/h3-6,8,10-11H,2,7H2,1H3,(H,17,18). The van der Waals surface area contributed by atoms with Crippen molar-refractivity contribution >= 4 is 5.82 Å². The second-order valence-corrected chi connectivity index (χ2v) is 3.99. The summed E-state index contributed by atoms with van der Waals surface area (Å²) in [7, 11) is 0. The lowest BCUT2D eigenvalue weighted by molar-refractivity contribution is 0.482. The molecule has 2 aromatic rings. The Morgan fingerprint density at radius 3 is 2.68 bits per heavy atom. The minimum atomic E-state index is 0.417. The summed E-state index contributed by atoms with van der Waals surface area (Å²) in [4.78, 5) is 4.18. The van der Waals surface area contributed by atoms with E-state index >= 15 is 0 Å². The topological polar surface area (TPSA) is 57.9 Å². The maximum Gasteiger partial charge on any atom is 0.132 e. The number of nitrogens with one attached hydrogen (secondary N) is 1. The fourth-order valence-electron chi connectivity index (χ4n) is 1.66. The highest BCUT2D eigenvalue weighted by molar-refractivity contribution is 5.42. The van der Waals surface area contributed by atoms with Gasteiger partial charge in [-0.25, -0.2) is 4.98 Å². The Labute approximate surface area is 112 Å². The van der Waals surface area contributed by atoms with Crippen molar-refractivity contribution in [2.45, 2.75) is 13.3 Å². The molecule has 1 N–H and O–H groups in total. The average Bonchev–Trinajstić information content (AvgIpc) is 2.42. The van der Waals surface area contributed by atoms with Gasteiger partial charge in [0.25, 0.3) is 0 Å². The van der Waals surface area contributed by atoms with Crippen molar-refractivity contribution in [1.82, 2.24) is 4.98 Å². The van der Waals surface area contributed by atoms with Crippen molar-refractivity contribution in [3.8, 4) is 17.6 Å². The number of pyridine rings is 1. The lowest BCUT2D eigenvalue weighted by atomic mass is 10.2. The number of nitriles is 1. The number of rotatable bonds is 5. The van der Waals surface area contributed by atoms with Crippen molar-refractivity contribution in [3.63, 3.8) is 0 Å². The lowest BCUT2D eigenvalue weighted by Crippen LogP contribution is -1.98. The van der Waals surface area contributed by atoms with Crippen LogP contribution in [0.2, 0.25) is 0 Å². The van der Waals surface area contributed by atoms with Crippen LogP contribution in [0, 0.1) is 11.3 Å². The summed E-state index contributed by atoms with van der Waals surface area (Å²) in [6, 6.07) is 13.3. The van der Waals surface area contributed by atoms with E-state index in [1.807, 2.05) is 43.3 Å². The molecule has 0 aliphatic heterocycles. The minimum Gasteiger partial charge on any atom is -0.457 e. The number of nitrogens with zero attached hydrogens (tertiary/aromatic N) is 2. The van der Waals surface area contributed by atoms with E-state index in [-0.39, 0.29) is 0 Å². The summed E-state index contributed by atoms with van der Waals surface area (Å²) in [6.07, 6.45) is 2.12. The summed E-state index contributed by atoms with van der Waals surface area (Å²) < 4.78 is 5.74. The van der Waals surface area contributed by atoms with E-state index < -0.39 is 0 Å². The van der Waals surface area contributed by atoms with E-state index in [1.165, 1.54) is 0 Å². The van der Waals surface area contributed by atoms with Crippen LogP contribution in [0.15, 0.2) is 42.6 Å². The maximum absolute atomic E-state index is 8.61. The van der Waals surface area contributed by atoms with E-state index in [2.05, 4.69) is 16.4 Å². The zero-order chi connectivity index (χ0) is 13.5. The van der Waals surface area contributed by atoms with Crippen LogP contribution in [0.25, 0.3) is 0 Å². The zero-order valence-corrected chi connectivity index (χ0v) is 10.8. The van der Waals surface area contributed by atoms with Gasteiger partial charge in [-0.05, 0) is 30.7 Å². The highest BCUT2D eigenvalue weighted by Gasteiger charge is 2.00. The molecular formula is C15H15N3O. The van der Waals surface area contributed by atoms with Gasteiger partial charge in [0.2, 0.25) is 0 Å². The van der Waals surface area contributed by atoms with Gasteiger partial charge in [0.1, 0.15) is 17.3 Å². The Kier molecular flexibility index (Phi) is 4.35. The molecule has 0 unspecified atom stereocenters. The Balaban J connectivity index is 2.08. The van der Waals surface area contributed by atoms with E-state index in [4.69, 9.17) is 10.00 Å². The lowest BCUT2D eigenvalue weighted by Gasteiger charge is -2.08. The molecule has 1 aromatic heterocycles. The number of benzene rings is 1. The molecule has 19 heavy (non-hydrogen) atoms. The minimum absolute atomic E-state index is 0.417. The fraction of sp³-hybridized carbons (Fsp3) is 0.200. The number of hydrogen-bond donors (Lipinski definition) is 1. The van der Waals surface area contributed by atoms with Crippen LogP contribution in [0.1, 0.15) is 12.5 Å². The Morgan fingerprint density at radius 2 is 2.00 bits per heavy atom. The van der Waals surface area contributed by atoms with Gasteiger partial charge in [-0.3, -0.25) is 0 Å². The molecule has 0 aliphatic carbocycles. The normalized spacial score (nSPS) is 9.68. The first kappa shape index (κ1) is 12.9. The smallest absolute Gasteiger partial charge is 0.132 e. The summed E-state index contributed by atoms with van der Waals surface area (Å²) in [5.41, 5.74) is 0.984. The monoisotopic (exact) mass is 253 g/mol. The first-order valence-electron chi connectivity index (χ1n) is 6.15. The number of hydrogen-bond acceptors (Lipinski definition) is 4. The second kappa shape index (κ2) is 6.41. The first-order chi connectivity index (χ1) is 9.31. The SMILES string of the molecule is CCNc1cc(Oc2ccc(CC#N)cc2)ccn1. The molecule has 0 spiro atoms. The molecule has 1 aromatic carbocycles. The molecule has 0 aliphatic rings. The largest absolute Gasteiger partial charge is 0.457 e. The fourth-order valence-corrected chi connectivity index (χ4v) is 1.66. The Morgan fingerprint density at radius 1 is 1.21 bits per heavy atom.